The van der Waals surface area contributed by atoms with Crippen LogP contribution < -0.4 is 11.1 Å². The van der Waals surface area contributed by atoms with Gasteiger partial charge < -0.3 is 11.1 Å². The predicted molar refractivity (Wildman–Crippen MR) is 79.9 cm³/mol. The number of hydrogen-bond donors (Lipinski definition) is 2. The first-order chi connectivity index (χ1) is 10.2. The van der Waals surface area contributed by atoms with Gasteiger partial charge in [0.2, 0.25) is 0 Å². The van der Waals surface area contributed by atoms with E-state index in [0.717, 1.165) is 11.1 Å². The number of carbonyl (C=O) groups excluding carboxylic acids is 1. The van der Waals surface area contributed by atoms with Gasteiger partial charge in [0.15, 0.2) is 0 Å². The third-order valence-corrected chi connectivity index (χ3v) is 2.89. The Labute approximate surface area is 123 Å². The number of carbonyl (C=O) groups is 1. The van der Waals surface area contributed by atoms with Crippen molar-refractivity contribution >= 4 is 5.91 Å². The molecule has 0 radical (unpaired) electrons. The minimum Gasteiger partial charge on any atom is -0.348 e. The summed E-state index contributed by atoms with van der Waals surface area (Å²) in [4.78, 5) is 12.0. The molecule has 0 aliphatic heterocycles. The Bertz CT molecular complexity index is 684. The number of benzene rings is 2. The van der Waals surface area contributed by atoms with Crippen molar-refractivity contribution in [2.75, 3.05) is 6.54 Å². The van der Waals surface area contributed by atoms with Gasteiger partial charge in [-0.3, -0.25) is 4.79 Å². The summed E-state index contributed by atoms with van der Waals surface area (Å²) < 4.78 is 12.8. The topological polar surface area (TPSA) is 55.1 Å². The molecule has 4 heteroatoms. The molecule has 0 atom stereocenters. The van der Waals surface area contributed by atoms with E-state index in [1.807, 2.05) is 24.3 Å². The van der Waals surface area contributed by atoms with Crippen molar-refractivity contribution in [1.82, 2.24) is 5.32 Å². The zero-order valence-corrected chi connectivity index (χ0v) is 11.4. The van der Waals surface area contributed by atoms with Gasteiger partial charge in [-0.1, -0.05) is 30.0 Å². The lowest BCUT2D eigenvalue weighted by atomic mass is 10.1. The lowest BCUT2D eigenvalue weighted by molar-refractivity contribution is 0.0951. The Kier molecular flexibility index (Phi) is 5.08. The van der Waals surface area contributed by atoms with Crippen molar-refractivity contribution in [1.29, 1.82) is 0 Å². The van der Waals surface area contributed by atoms with Gasteiger partial charge in [0, 0.05) is 17.7 Å². The van der Waals surface area contributed by atoms with Crippen LogP contribution in [0.5, 0.6) is 0 Å². The van der Waals surface area contributed by atoms with Crippen LogP contribution in [-0.2, 0) is 6.54 Å². The molecule has 3 nitrogen and oxygen atoms in total. The Balaban J connectivity index is 2.06. The molecular formula is C17H15FN2O. The van der Waals surface area contributed by atoms with Gasteiger partial charge in [-0.05, 0) is 35.9 Å². The number of halogens is 1. The number of rotatable bonds is 3. The summed E-state index contributed by atoms with van der Waals surface area (Å²) in [6, 6.07) is 13.0. The summed E-state index contributed by atoms with van der Waals surface area (Å²) in [5.41, 5.74) is 7.53. The quantitative estimate of drug-likeness (QED) is 0.847. The zero-order valence-electron chi connectivity index (χ0n) is 11.4. The van der Waals surface area contributed by atoms with Crippen molar-refractivity contribution in [3.8, 4) is 11.8 Å². The second-order valence-electron chi connectivity index (χ2n) is 4.35. The molecular weight excluding hydrogens is 267 g/mol. The second-order valence-corrected chi connectivity index (χ2v) is 4.35. The normalized spacial score (nSPS) is 9.62. The predicted octanol–water partition coefficient (Wildman–Crippen LogP) is 2.07. The van der Waals surface area contributed by atoms with Crippen LogP contribution in [0, 0.1) is 17.7 Å². The molecule has 21 heavy (non-hydrogen) atoms. The van der Waals surface area contributed by atoms with Gasteiger partial charge in [-0.2, -0.15) is 0 Å². The zero-order chi connectivity index (χ0) is 15.1. The SMILES string of the molecule is NCC#Cc1ccccc1CNC(=O)c1ccc(F)cc1. The number of hydrogen-bond acceptors (Lipinski definition) is 2. The van der Waals surface area contributed by atoms with Crippen molar-refractivity contribution in [2.24, 2.45) is 5.73 Å². The van der Waals surface area contributed by atoms with E-state index >= 15 is 0 Å². The van der Waals surface area contributed by atoms with E-state index in [1.54, 1.807) is 0 Å². The Morgan fingerprint density at radius 3 is 2.57 bits per heavy atom. The largest absolute Gasteiger partial charge is 0.348 e. The molecule has 0 aliphatic carbocycles. The second kappa shape index (κ2) is 7.22. The summed E-state index contributed by atoms with van der Waals surface area (Å²) >= 11 is 0. The molecule has 1 amide bonds. The number of amides is 1. The van der Waals surface area contributed by atoms with Crippen LogP contribution in [0.4, 0.5) is 4.39 Å². The summed E-state index contributed by atoms with van der Waals surface area (Å²) in [5.74, 6) is 5.14. The molecule has 0 aliphatic rings. The molecule has 3 N–H and O–H groups in total. The first-order valence-corrected chi connectivity index (χ1v) is 6.51. The monoisotopic (exact) mass is 282 g/mol. The van der Waals surface area contributed by atoms with Gasteiger partial charge in [0.25, 0.3) is 5.91 Å². The highest BCUT2D eigenvalue weighted by atomic mass is 19.1. The maximum atomic E-state index is 12.8. The Hall–Kier alpha value is -2.64. The van der Waals surface area contributed by atoms with Gasteiger partial charge >= 0.3 is 0 Å². The molecule has 106 valence electrons. The average molecular weight is 282 g/mol. The van der Waals surface area contributed by atoms with Crippen LogP contribution in [0.2, 0.25) is 0 Å². The molecule has 0 bridgehead atoms. The Morgan fingerprint density at radius 1 is 1.14 bits per heavy atom. The van der Waals surface area contributed by atoms with Crippen molar-refractivity contribution in [3.05, 3.63) is 71.0 Å². The molecule has 0 fully saturated rings. The van der Waals surface area contributed by atoms with Gasteiger partial charge in [-0.25, -0.2) is 4.39 Å². The molecule has 0 saturated heterocycles. The van der Waals surface area contributed by atoms with Crippen molar-refractivity contribution in [2.45, 2.75) is 6.54 Å². The van der Waals surface area contributed by atoms with E-state index in [4.69, 9.17) is 5.73 Å². The lowest BCUT2D eigenvalue weighted by Gasteiger charge is -2.07. The highest BCUT2D eigenvalue weighted by molar-refractivity contribution is 5.94. The first-order valence-electron chi connectivity index (χ1n) is 6.51. The average Bonchev–Trinajstić information content (AvgIpc) is 2.52. The van der Waals surface area contributed by atoms with E-state index in [0.29, 0.717) is 12.1 Å². The maximum Gasteiger partial charge on any atom is 0.251 e. The van der Waals surface area contributed by atoms with Crippen LogP contribution in [-0.4, -0.2) is 12.5 Å². The summed E-state index contributed by atoms with van der Waals surface area (Å²) in [6.07, 6.45) is 0. The van der Waals surface area contributed by atoms with E-state index in [2.05, 4.69) is 17.2 Å². The molecule has 2 rings (SSSR count). The van der Waals surface area contributed by atoms with Crippen LogP contribution in [0.1, 0.15) is 21.5 Å². The van der Waals surface area contributed by atoms with Crippen LogP contribution in [0.3, 0.4) is 0 Å². The number of nitrogens with one attached hydrogen (secondary N) is 1. The molecule has 0 saturated carbocycles. The minimum absolute atomic E-state index is 0.253. The van der Waals surface area contributed by atoms with Crippen LogP contribution >= 0.6 is 0 Å². The summed E-state index contributed by atoms with van der Waals surface area (Å²) in [7, 11) is 0. The fourth-order valence-corrected chi connectivity index (χ4v) is 1.82. The van der Waals surface area contributed by atoms with E-state index in [-0.39, 0.29) is 18.3 Å². The fraction of sp³-hybridized carbons (Fsp3) is 0.118. The first kappa shape index (κ1) is 14.8. The van der Waals surface area contributed by atoms with Gasteiger partial charge in [0.05, 0.1) is 6.54 Å². The van der Waals surface area contributed by atoms with Crippen LogP contribution in [0.25, 0.3) is 0 Å². The van der Waals surface area contributed by atoms with E-state index < -0.39 is 0 Å². The Morgan fingerprint density at radius 2 is 1.86 bits per heavy atom. The molecule has 0 heterocycles. The molecule has 0 aromatic heterocycles. The standard InChI is InChI=1S/C17H15FN2O/c18-16-9-7-14(8-10-16)17(21)20-12-15-5-2-1-4-13(15)6-3-11-19/h1-2,4-5,7-10H,11-12,19H2,(H,20,21). The molecule has 0 spiro atoms. The highest BCUT2D eigenvalue weighted by Crippen LogP contribution is 2.08. The minimum atomic E-state index is -0.367. The van der Waals surface area contributed by atoms with E-state index in [9.17, 15) is 9.18 Å². The highest BCUT2D eigenvalue weighted by Gasteiger charge is 2.06. The van der Waals surface area contributed by atoms with Crippen molar-refractivity contribution < 1.29 is 9.18 Å². The van der Waals surface area contributed by atoms with Crippen LogP contribution in [0.15, 0.2) is 48.5 Å². The molecule has 0 unspecified atom stereocenters. The molecule has 2 aromatic rings. The third kappa shape index (κ3) is 4.16. The third-order valence-electron chi connectivity index (χ3n) is 2.89. The van der Waals surface area contributed by atoms with Gasteiger partial charge in [0.1, 0.15) is 5.82 Å². The van der Waals surface area contributed by atoms with E-state index in [1.165, 1.54) is 24.3 Å². The van der Waals surface area contributed by atoms with Crippen molar-refractivity contribution in [3.63, 3.8) is 0 Å². The molecule has 2 aromatic carbocycles. The smallest absolute Gasteiger partial charge is 0.251 e. The fourth-order valence-electron chi connectivity index (χ4n) is 1.82. The summed E-state index contributed by atoms with van der Waals surface area (Å²) in [6.45, 7) is 0.641. The van der Waals surface area contributed by atoms with Gasteiger partial charge in [-0.15, -0.1) is 0 Å². The number of nitrogens with two attached hydrogens (primary N) is 1. The summed E-state index contributed by atoms with van der Waals surface area (Å²) in [5, 5.41) is 2.79. The lowest BCUT2D eigenvalue weighted by Crippen LogP contribution is -2.23. The maximum absolute atomic E-state index is 12.8.